The van der Waals surface area contributed by atoms with Crippen molar-refractivity contribution in [1.82, 2.24) is 4.57 Å². The first kappa shape index (κ1) is 21.3. The van der Waals surface area contributed by atoms with Crippen molar-refractivity contribution in [2.45, 2.75) is 38.6 Å². The van der Waals surface area contributed by atoms with E-state index >= 15 is 0 Å². The second-order valence-electron chi connectivity index (χ2n) is 8.58. The number of aryl methyl sites for hydroxylation is 1. The van der Waals surface area contributed by atoms with Gasteiger partial charge in [0.15, 0.2) is 0 Å². The van der Waals surface area contributed by atoms with E-state index in [1.54, 1.807) is 7.11 Å². The van der Waals surface area contributed by atoms with Gasteiger partial charge in [-0.2, -0.15) is 0 Å². The van der Waals surface area contributed by atoms with Gasteiger partial charge in [0.05, 0.1) is 25.8 Å². The molecule has 1 fully saturated rings. The molecule has 4 nitrogen and oxygen atoms in total. The summed E-state index contributed by atoms with van der Waals surface area (Å²) in [6.45, 7) is 2.79. The number of rotatable bonds is 8. The first-order valence-electron chi connectivity index (χ1n) is 11.7. The zero-order valence-electron chi connectivity index (χ0n) is 19.2. The molecular formula is C29H29NO3. The maximum atomic E-state index is 12.3. The highest BCUT2D eigenvalue weighted by Gasteiger charge is 2.26. The minimum absolute atomic E-state index is 0.174. The van der Waals surface area contributed by atoms with E-state index in [-0.39, 0.29) is 5.97 Å². The fraction of sp³-hybridized carbons (Fsp3) is 0.276. The van der Waals surface area contributed by atoms with Crippen LogP contribution in [-0.4, -0.2) is 24.3 Å². The van der Waals surface area contributed by atoms with Crippen LogP contribution in [0.25, 0.3) is 33.3 Å². The largest absolute Gasteiger partial charge is 0.497 e. The summed E-state index contributed by atoms with van der Waals surface area (Å²) in [7, 11) is 1.69. The SMILES string of the molecule is CCOC(=O)CCn1c(-c2cccc(OC)c2)c(-c2ccccc2)c2cc(C3CC3)ccc21. The number of aromatic nitrogens is 1. The molecule has 1 saturated carbocycles. The molecule has 1 aromatic heterocycles. The number of carbonyl (C=O) groups is 1. The monoisotopic (exact) mass is 439 g/mol. The summed E-state index contributed by atoms with van der Waals surface area (Å²) in [5.41, 5.74) is 7.08. The number of fused-ring (bicyclic) bond motifs is 1. The van der Waals surface area contributed by atoms with Crippen molar-refractivity contribution in [2.24, 2.45) is 0 Å². The topological polar surface area (TPSA) is 40.5 Å². The lowest BCUT2D eigenvalue weighted by Gasteiger charge is -2.14. The third kappa shape index (κ3) is 4.25. The van der Waals surface area contributed by atoms with Gasteiger partial charge in [-0.1, -0.05) is 48.5 Å². The number of methoxy groups -OCH3 is 1. The van der Waals surface area contributed by atoms with Crippen LogP contribution in [0.1, 0.15) is 37.7 Å². The third-order valence-corrected chi connectivity index (χ3v) is 6.39. The average molecular weight is 440 g/mol. The third-order valence-electron chi connectivity index (χ3n) is 6.39. The van der Waals surface area contributed by atoms with E-state index in [1.165, 1.54) is 34.9 Å². The fourth-order valence-corrected chi connectivity index (χ4v) is 4.68. The van der Waals surface area contributed by atoms with Crippen LogP contribution < -0.4 is 4.74 Å². The maximum Gasteiger partial charge on any atom is 0.307 e. The summed E-state index contributed by atoms with van der Waals surface area (Å²) in [4.78, 5) is 12.3. The van der Waals surface area contributed by atoms with E-state index in [1.807, 2.05) is 25.1 Å². The summed E-state index contributed by atoms with van der Waals surface area (Å²) in [5, 5.41) is 1.23. The van der Waals surface area contributed by atoms with E-state index in [0.29, 0.717) is 25.5 Å². The number of nitrogens with zero attached hydrogens (tertiary/aromatic N) is 1. The molecule has 1 aliphatic rings. The zero-order chi connectivity index (χ0) is 22.8. The number of hydrogen-bond donors (Lipinski definition) is 0. The minimum atomic E-state index is -0.174. The molecule has 0 aliphatic heterocycles. The molecule has 168 valence electrons. The molecule has 0 atom stereocenters. The molecular weight excluding hydrogens is 410 g/mol. The zero-order valence-corrected chi connectivity index (χ0v) is 19.2. The van der Waals surface area contributed by atoms with Gasteiger partial charge in [-0.25, -0.2) is 0 Å². The number of carbonyl (C=O) groups excluding carboxylic acids is 1. The van der Waals surface area contributed by atoms with Crippen LogP contribution in [0.2, 0.25) is 0 Å². The quantitative estimate of drug-likeness (QED) is 0.283. The highest BCUT2D eigenvalue weighted by atomic mass is 16.5. The average Bonchev–Trinajstić information content (AvgIpc) is 3.65. The second-order valence-corrected chi connectivity index (χ2v) is 8.58. The Morgan fingerprint density at radius 1 is 0.970 bits per heavy atom. The van der Waals surface area contributed by atoms with Crippen LogP contribution in [0.5, 0.6) is 5.75 Å². The predicted molar refractivity (Wildman–Crippen MR) is 133 cm³/mol. The molecule has 0 N–H and O–H groups in total. The van der Waals surface area contributed by atoms with Gasteiger partial charge in [0.25, 0.3) is 0 Å². The van der Waals surface area contributed by atoms with Crippen molar-refractivity contribution in [2.75, 3.05) is 13.7 Å². The van der Waals surface area contributed by atoms with Crippen LogP contribution in [0.15, 0.2) is 72.8 Å². The Morgan fingerprint density at radius 3 is 2.48 bits per heavy atom. The highest BCUT2D eigenvalue weighted by molar-refractivity contribution is 6.05. The molecule has 0 saturated heterocycles. The highest BCUT2D eigenvalue weighted by Crippen LogP contribution is 2.46. The molecule has 0 spiro atoms. The van der Waals surface area contributed by atoms with Gasteiger partial charge < -0.3 is 14.0 Å². The van der Waals surface area contributed by atoms with Crippen molar-refractivity contribution in [3.05, 3.63) is 78.4 Å². The van der Waals surface area contributed by atoms with Crippen LogP contribution in [0, 0.1) is 0 Å². The van der Waals surface area contributed by atoms with Gasteiger partial charge in [0.2, 0.25) is 0 Å². The molecule has 0 radical (unpaired) electrons. The summed E-state index contributed by atoms with van der Waals surface area (Å²) in [6, 6.07) is 25.5. The molecule has 1 heterocycles. The molecule has 4 aromatic rings. The van der Waals surface area contributed by atoms with Gasteiger partial charge >= 0.3 is 5.97 Å². The lowest BCUT2D eigenvalue weighted by molar-refractivity contribution is -0.143. The Morgan fingerprint density at radius 2 is 1.76 bits per heavy atom. The van der Waals surface area contributed by atoms with E-state index in [0.717, 1.165) is 22.5 Å². The van der Waals surface area contributed by atoms with Gasteiger partial charge in [0.1, 0.15) is 5.75 Å². The summed E-state index contributed by atoms with van der Waals surface area (Å²) in [6.07, 6.45) is 2.85. The molecule has 1 aliphatic carbocycles. The number of ether oxygens (including phenoxy) is 2. The minimum Gasteiger partial charge on any atom is -0.497 e. The molecule has 33 heavy (non-hydrogen) atoms. The van der Waals surface area contributed by atoms with E-state index in [9.17, 15) is 4.79 Å². The number of benzene rings is 3. The summed E-state index contributed by atoms with van der Waals surface area (Å²) < 4.78 is 13.1. The van der Waals surface area contributed by atoms with Gasteiger partial charge in [-0.15, -0.1) is 0 Å². The Bertz CT molecular complexity index is 1290. The van der Waals surface area contributed by atoms with Gasteiger partial charge in [0, 0.05) is 28.6 Å². The van der Waals surface area contributed by atoms with Crippen LogP contribution in [0.4, 0.5) is 0 Å². The molecule has 0 unspecified atom stereocenters. The first-order chi connectivity index (χ1) is 16.2. The smallest absolute Gasteiger partial charge is 0.307 e. The molecule has 0 amide bonds. The van der Waals surface area contributed by atoms with Crippen molar-refractivity contribution < 1.29 is 14.3 Å². The molecule has 5 rings (SSSR count). The lowest BCUT2D eigenvalue weighted by atomic mass is 9.97. The van der Waals surface area contributed by atoms with E-state index in [2.05, 4.69) is 59.2 Å². The fourth-order valence-electron chi connectivity index (χ4n) is 4.68. The molecule has 3 aromatic carbocycles. The van der Waals surface area contributed by atoms with Gasteiger partial charge in [-0.05, 0) is 61.1 Å². The maximum absolute atomic E-state index is 12.3. The van der Waals surface area contributed by atoms with Crippen molar-refractivity contribution in [3.63, 3.8) is 0 Å². The summed E-state index contributed by atoms with van der Waals surface area (Å²) in [5.74, 6) is 1.31. The Balaban J connectivity index is 1.77. The number of esters is 1. The van der Waals surface area contributed by atoms with Crippen LogP contribution in [-0.2, 0) is 16.1 Å². The van der Waals surface area contributed by atoms with Crippen molar-refractivity contribution in [3.8, 4) is 28.1 Å². The second kappa shape index (κ2) is 9.14. The van der Waals surface area contributed by atoms with Crippen LogP contribution in [0.3, 0.4) is 0 Å². The summed E-state index contributed by atoms with van der Waals surface area (Å²) >= 11 is 0. The normalized spacial score (nSPS) is 13.3. The van der Waals surface area contributed by atoms with E-state index in [4.69, 9.17) is 9.47 Å². The first-order valence-corrected chi connectivity index (χ1v) is 11.7. The Hall–Kier alpha value is -3.53. The van der Waals surface area contributed by atoms with Gasteiger partial charge in [-0.3, -0.25) is 4.79 Å². The lowest BCUT2D eigenvalue weighted by Crippen LogP contribution is -2.10. The van der Waals surface area contributed by atoms with E-state index < -0.39 is 0 Å². The van der Waals surface area contributed by atoms with Crippen molar-refractivity contribution in [1.29, 1.82) is 0 Å². The Labute approximate surface area is 194 Å². The standard InChI is InChI=1S/C29H29NO3/c1-3-33-27(31)16-17-30-26-15-14-22(20-12-13-20)19-25(26)28(21-8-5-4-6-9-21)29(30)23-10-7-11-24(18-23)32-2/h4-11,14-15,18-20H,3,12-13,16-17H2,1-2H3. The van der Waals surface area contributed by atoms with Crippen molar-refractivity contribution >= 4 is 16.9 Å². The molecule has 0 bridgehead atoms. The predicted octanol–water partition coefficient (Wildman–Crippen LogP) is 6.81. The van der Waals surface area contributed by atoms with Crippen LogP contribution >= 0.6 is 0 Å². The number of hydrogen-bond acceptors (Lipinski definition) is 3. The molecule has 4 heteroatoms. The Kier molecular flexibility index (Phi) is 5.91.